The lowest BCUT2D eigenvalue weighted by molar-refractivity contribution is -0.134. The second-order valence-electron chi connectivity index (χ2n) is 6.63. The van der Waals surface area contributed by atoms with Crippen molar-refractivity contribution in [2.45, 2.75) is 50.4 Å². The van der Waals surface area contributed by atoms with Crippen molar-refractivity contribution in [1.82, 2.24) is 25.1 Å². The number of nitrogens with zero attached hydrogens (tertiary/aromatic N) is 5. The molecule has 0 unspecified atom stereocenters. The van der Waals surface area contributed by atoms with Gasteiger partial charge in [0.05, 0.1) is 20.0 Å². The number of benzene rings is 1. The Morgan fingerprint density at radius 3 is 2.63 bits per heavy atom. The number of tetrazole rings is 1. The molecule has 1 amide bonds. The van der Waals surface area contributed by atoms with E-state index in [4.69, 9.17) is 9.47 Å². The summed E-state index contributed by atoms with van der Waals surface area (Å²) in [6.07, 6.45) is 3.29. The van der Waals surface area contributed by atoms with Gasteiger partial charge in [-0.05, 0) is 55.7 Å². The van der Waals surface area contributed by atoms with Crippen molar-refractivity contribution < 1.29 is 14.3 Å². The lowest BCUT2D eigenvalue weighted by Gasteiger charge is -2.39. The summed E-state index contributed by atoms with van der Waals surface area (Å²) in [5.41, 5.74) is 0.693. The van der Waals surface area contributed by atoms with Crippen LogP contribution in [0.5, 0.6) is 11.5 Å². The summed E-state index contributed by atoms with van der Waals surface area (Å²) >= 11 is 1.33. The Morgan fingerprint density at radius 1 is 1.22 bits per heavy atom. The molecule has 0 saturated carbocycles. The van der Waals surface area contributed by atoms with Crippen molar-refractivity contribution in [2.75, 3.05) is 20.0 Å². The number of hydrogen-bond acceptors (Lipinski definition) is 7. The van der Waals surface area contributed by atoms with Gasteiger partial charge in [0, 0.05) is 18.2 Å². The third-order valence-electron chi connectivity index (χ3n) is 4.86. The minimum absolute atomic E-state index is 0.121. The fourth-order valence-electron chi connectivity index (χ4n) is 3.49. The number of likely N-dealkylation sites (tertiary alicyclic amines) is 1. The van der Waals surface area contributed by atoms with Crippen LogP contribution in [0.1, 0.15) is 33.1 Å². The van der Waals surface area contributed by atoms with Gasteiger partial charge in [-0.1, -0.05) is 11.8 Å². The van der Waals surface area contributed by atoms with Gasteiger partial charge in [-0.15, -0.1) is 5.10 Å². The summed E-state index contributed by atoms with van der Waals surface area (Å²) in [4.78, 5) is 14.8. The first-order chi connectivity index (χ1) is 13.0. The van der Waals surface area contributed by atoms with E-state index in [-0.39, 0.29) is 18.0 Å². The highest BCUT2D eigenvalue weighted by molar-refractivity contribution is 7.99. The van der Waals surface area contributed by atoms with E-state index >= 15 is 0 Å². The molecule has 1 saturated heterocycles. The second kappa shape index (κ2) is 8.60. The molecule has 3 rings (SSSR count). The molecule has 146 valence electrons. The number of carbonyl (C=O) groups excluding carboxylic acids is 1. The summed E-state index contributed by atoms with van der Waals surface area (Å²) in [6, 6.07) is 5.97. The number of hydrogen-bond donors (Lipinski definition) is 0. The topological polar surface area (TPSA) is 82.4 Å². The number of ether oxygens (including phenoxy) is 2. The highest BCUT2D eigenvalue weighted by atomic mass is 32.2. The van der Waals surface area contributed by atoms with Crippen LogP contribution in [-0.2, 0) is 4.79 Å². The van der Waals surface area contributed by atoms with E-state index in [1.165, 1.54) is 18.2 Å². The van der Waals surface area contributed by atoms with Crippen LogP contribution >= 0.6 is 11.8 Å². The van der Waals surface area contributed by atoms with E-state index in [2.05, 4.69) is 29.4 Å². The number of carbonyl (C=O) groups is 1. The zero-order chi connectivity index (χ0) is 19.4. The van der Waals surface area contributed by atoms with E-state index in [1.807, 2.05) is 17.0 Å². The van der Waals surface area contributed by atoms with Gasteiger partial charge >= 0.3 is 0 Å². The molecule has 0 bridgehead atoms. The molecular weight excluding hydrogens is 366 g/mol. The maximum atomic E-state index is 12.8. The normalized spacial score (nSPS) is 19.8. The van der Waals surface area contributed by atoms with E-state index in [0.29, 0.717) is 28.1 Å². The lowest BCUT2D eigenvalue weighted by atomic mass is 9.98. The summed E-state index contributed by atoms with van der Waals surface area (Å²) in [6.45, 7) is 4.23. The van der Waals surface area contributed by atoms with Crippen LogP contribution in [0.3, 0.4) is 0 Å². The molecule has 1 aliphatic rings. The molecule has 1 aromatic heterocycles. The quantitative estimate of drug-likeness (QED) is 0.700. The Morgan fingerprint density at radius 2 is 1.96 bits per heavy atom. The van der Waals surface area contributed by atoms with Crippen LogP contribution in [0.2, 0.25) is 0 Å². The van der Waals surface area contributed by atoms with E-state index in [9.17, 15) is 4.79 Å². The summed E-state index contributed by atoms with van der Waals surface area (Å²) in [7, 11) is 3.18. The van der Waals surface area contributed by atoms with Crippen molar-refractivity contribution in [3.63, 3.8) is 0 Å². The smallest absolute Gasteiger partial charge is 0.233 e. The van der Waals surface area contributed by atoms with Crippen LogP contribution in [0.4, 0.5) is 0 Å². The van der Waals surface area contributed by atoms with Crippen molar-refractivity contribution in [1.29, 1.82) is 0 Å². The van der Waals surface area contributed by atoms with Crippen molar-refractivity contribution in [2.24, 2.45) is 0 Å². The van der Waals surface area contributed by atoms with Crippen LogP contribution < -0.4 is 9.47 Å². The summed E-state index contributed by atoms with van der Waals surface area (Å²) in [5, 5.41) is 12.4. The number of rotatable bonds is 6. The van der Waals surface area contributed by atoms with E-state index < -0.39 is 0 Å². The molecule has 0 N–H and O–H groups in total. The number of piperidine rings is 1. The van der Waals surface area contributed by atoms with Crippen molar-refractivity contribution >= 4 is 17.7 Å². The molecule has 1 aromatic carbocycles. The van der Waals surface area contributed by atoms with Crippen LogP contribution in [0, 0.1) is 0 Å². The second-order valence-corrected chi connectivity index (χ2v) is 7.57. The molecule has 0 aliphatic carbocycles. The Hall–Kier alpha value is -2.29. The van der Waals surface area contributed by atoms with Gasteiger partial charge in [0.15, 0.2) is 0 Å². The minimum Gasteiger partial charge on any atom is -0.497 e. The number of amides is 1. The number of aromatic nitrogens is 4. The van der Waals surface area contributed by atoms with Gasteiger partial charge in [0.1, 0.15) is 17.2 Å². The van der Waals surface area contributed by atoms with Crippen molar-refractivity contribution in [3.05, 3.63) is 18.2 Å². The van der Waals surface area contributed by atoms with E-state index in [1.54, 1.807) is 25.0 Å². The minimum atomic E-state index is 0.121. The zero-order valence-electron chi connectivity index (χ0n) is 16.1. The number of thioether (sulfide) groups is 1. The van der Waals surface area contributed by atoms with Gasteiger partial charge < -0.3 is 14.4 Å². The zero-order valence-corrected chi connectivity index (χ0v) is 16.9. The predicted octanol–water partition coefficient (Wildman–Crippen LogP) is 2.56. The summed E-state index contributed by atoms with van der Waals surface area (Å²) < 4.78 is 12.2. The standard InChI is InChI=1S/C18H25N5O3S/c1-12-6-5-7-13(2)22(12)17(24)11-27-18-19-20-21-23(18)15-9-8-14(25-3)10-16(15)26-4/h8-10,12-13H,5-7,11H2,1-4H3/t12-,13-/m1/s1. The molecule has 1 aliphatic heterocycles. The molecule has 2 aromatic rings. The third-order valence-corrected chi connectivity index (χ3v) is 5.77. The molecule has 0 spiro atoms. The molecule has 2 atom stereocenters. The van der Waals surface area contributed by atoms with Crippen molar-refractivity contribution in [3.8, 4) is 17.2 Å². The SMILES string of the molecule is COc1ccc(-n2nnnc2SCC(=O)N2[C@H](C)CCC[C@H]2C)c(OC)c1. The highest BCUT2D eigenvalue weighted by Crippen LogP contribution is 2.30. The van der Waals surface area contributed by atoms with Gasteiger partial charge in [0.25, 0.3) is 0 Å². The van der Waals surface area contributed by atoms with Crippen LogP contribution in [0.15, 0.2) is 23.4 Å². The molecule has 1 fully saturated rings. The molecule has 0 radical (unpaired) electrons. The van der Waals surface area contributed by atoms with Gasteiger partial charge in [-0.3, -0.25) is 4.79 Å². The third kappa shape index (κ3) is 4.18. The predicted molar refractivity (Wildman–Crippen MR) is 103 cm³/mol. The first kappa shape index (κ1) is 19.5. The first-order valence-electron chi connectivity index (χ1n) is 9.00. The average Bonchev–Trinajstić information content (AvgIpc) is 3.14. The molecule has 2 heterocycles. The van der Waals surface area contributed by atoms with Crippen LogP contribution in [0.25, 0.3) is 5.69 Å². The molecule has 9 heteroatoms. The Bertz CT molecular complexity index is 787. The fourth-order valence-corrected chi connectivity index (χ4v) is 4.25. The fraction of sp³-hybridized carbons (Fsp3) is 0.556. The highest BCUT2D eigenvalue weighted by Gasteiger charge is 2.29. The Kier molecular flexibility index (Phi) is 6.20. The summed E-state index contributed by atoms with van der Waals surface area (Å²) in [5.74, 6) is 1.69. The maximum Gasteiger partial charge on any atom is 0.233 e. The number of methoxy groups -OCH3 is 2. The molecule has 8 nitrogen and oxygen atoms in total. The Balaban J connectivity index is 1.75. The lowest BCUT2D eigenvalue weighted by Crippen LogP contribution is -2.48. The average molecular weight is 391 g/mol. The Labute approximate surface area is 163 Å². The van der Waals surface area contributed by atoms with Gasteiger partial charge in [0.2, 0.25) is 11.1 Å². The van der Waals surface area contributed by atoms with Crippen LogP contribution in [-0.4, -0.2) is 63.1 Å². The molecule has 27 heavy (non-hydrogen) atoms. The first-order valence-corrected chi connectivity index (χ1v) is 9.98. The molecular formula is C18H25N5O3S. The maximum absolute atomic E-state index is 12.8. The van der Waals surface area contributed by atoms with E-state index in [0.717, 1.165) is 12.8 Å². The monoisotopic (exact) mass is 391 g/mol. The largest absolute Gasteiger partial charge is 0.497 e. The van der Waals surface area contributed by atoms with Gasteiger partial charge in [-0.25, -0.2) is 0 Å². The van der Waals surface area contributed by atoms with Gasteiger partial charge in [-0.2, -0.15) is 4.68 Å².